The van der Waals surface area contributed by atoms with Crippen LogP contribution in [0.5, 0.6) is 0 Å². The first-order valence-corrected chi connectivity index (χ1v) is 6.63. The highest BCUT2D eigenvalue weighted by molar-refractivity contribution is 5.79. The van der Waals surface area contributed by atoms with Gasteiger partial charge in [-0.15, -0.1) is 0 Å². The normalized spacial score (nSPS) is 32.9. The molecular formula is C13H26N2O3. The van der Waals surface area contributed by atoms with E-state index < -0.39 is 6.10 Å². The molecule has 1 fully saturated rings. The number of nitrogens with two attached hydrogens (primary N) is 1. The molecule has 0 aromatic rings. The van der Waals surface area contributed by atoms with Crippen LogP contribution in [0.4, 0.5) is 0 Å². The summed E-state index contributed by atoms with van der Waals surface area (Å²) in [5.41, 5.74) is 5.91. The molecule has 0 saturated heterocycles. The molecule has 1 aliphatic carbocycles. The fourth-order valence-corrected chi connectivity index (χ4v) is 2.73. The third-order valence-electron chi connectivity index (χ3n) is 4.54. The molecule has 5 heteroatoms. The highest BCUT2D eigenvalue weighted by atomic mass is 16.3. The first kappa shape index (κ1) is 15.4. The molecule has 4 atom stereocenters. The predicted molar refractivity (Wildman–Crippen MR) is 69.7 cm³/mol. The standard InChI is InChI=1S/C13H26N2O3/c1-8-11(14)5-4-10(13(8,2)3)12(18)15-6-9(17)7-16/h8-11,16-17H,4-7,14H2,1-3H3,(H,15,18). The first-order valence-electron chi connectivity index (χ1n) is 6.63. The minimum absolute atomic E-state index is 0.0498. The minimum Gasteiger partial charge on any atom is -0.394 e. The van der Waals surface area contributed by atoms with Crippen molar-refractivity contribution in [2.24, 2.45) is 23.0 Å². The summed E-state index contributed by atoms with van der Waals surface area (Å²) in [6.45, 7) is 6.00. The maximum atomic E-state index is 12.1. The van der Waals surface area contributed by atoms with Crippen LogP contribution < -0.4 is 11.1 Å². The van der Waals surface area contributed by atoms with Crippen molar-refractivity contribution in [2.45, 2.75) is 45.8 Å². The van der Waals surface area contributed by atoms with Crippen molar-refractivity contribution in [2.75, 3.05) is 13.2 Å². The van der Waals surface area contributed by atoms with Gasteiger partial charge in [0.15, 0.2) is 0 Å². The quantitative estimate of drug-likeness (QED) is 0.564. The maximum Gasteiger partial charge on any atom is 0.223 e. The Morgan fingerprint density at radius 3 is 2.67 bits per heavy atom. The van der Waals surface area contributed by atoms with Gasteiger partial charge in [-0.05, 0) is 24.2 Å². The number of carbonyl (C=O) groups excluding carboxylic acids is 1. The topological polar surface area (TPSA) is 95.6 Å². The third kappa shape index (κ3) is 3.22. The largest absolute Gasteiger partial charge is 0.394 e. The lowest BCUT2D eigenvalue weighted by Gasteiger charge is -2.46. The van der Waals surface area contributed by atoms with Gasteiger partial charge < -0.3 is 21.3 Å². The summed E-state index contributed by atoms with van der Waals surface area (Å²) in [6, 6.07) is 0.145. The second-order valence-electron chi connectivity index (χ2n) is 5.99. The lowest BCUT2D eigenvalue weighted by atomic mass is 9.61. The van der Waals surface area contributed by atoms with Crippen molar-refractivity contribution in [1.29, 1.82) is 0 Å². The Morgan fingerprint density at radius 1 is 1.50 bits per heavy atom. The second kappa shape index (κ2) is 5.99. The number of carbonyl (C=O) groups is 1. The molecule has 5 N–H and O–H groups in total. The average molecular weight is 258 g/mol. The van der Waals surface area contributed by atoms with Crippen molar-refractivity contribution < 1.29 is 15.0 Å². The van der Waals surface area contributed by atoms with Gasteiger partial charge in [0.05, 0.1) is 12.7 Å². The maximum absolute atomic E-state index is 12.1. The molecule has 1 saturated carbocycles. The van der Waals surface area contributed by atoms with E-state index in [0.29, 0.717) is 0 Å². The lowest BCUT2D eigenvalue weighted by Crippen LogP contribution is -2.52. The molecule has 0 radical (unpaired) electrons. The Bertz CT molecular complexity index is 294. The fourth-order valence-electron chi connectivity index (χ4n) is 2.73. The zero-order chi connectivity index (χ0) is 13.9. The van der Waals surface area contributed by atoms with Crippen molar-refractivity contribution in [1.82, 2.24) is 5.32 Å². The molecule has 0 aliphatic heterocycles. The van der Waals surface area contributed by atoms with Gasteiger partial charge >= 0.3 is 0 Å². The summed E-state index contributed by atoms with van der Waals surface area (Å²) in [7, 11) is 0. The number of aliphatic hydroxyl groups is 2. The van der Waals surface area contributed by atoms with Crippen LogP contribution in [-0.2, 0) is 4.79 Å². The summed E-state index contributed by atoms with van der Waals surface area (Å²) in [5, 5.41) is 20.7. The SMILES string of the molecule is CC1C(N)CCC(C(=O)NCC(O)CO)C1(C)C. The van der Waals surface area contributed by atoms with Crippen LogP contribution in [0.25, 0.3) is 0 Å². The molecule has 18 heavy (non-hydrogen) atoms. The zero-order valence-corrected chi connectivity index (χ0v) is 11.5. The first-order chi connectivity index (χ1) is 8.30. The van der Waals surface area contributed by atoms with Gasteiger partial charge in [-0.3, -0.25) is 4.79 Å². The van der Waals surface area contributed by atoms with E-state index >= 15 is 0 Å². The Balaban J connectivity index is 2.62. The van der Waals surface area contributed by atoms with Gasteiger partial charge in [-0.2, -0.15) is 0 Å². The van der Waals surface area contributed by atoms with Crippen LogP contribution in [0.15, 0.2) is 0 Å². The van der Waals surface area contributed by atoms with Gasteiger partial charge in [-0.1, -0.05) is 20.8 Å². The van der Waals surface area contributed by atoms with E-state index in [2.05, 4.69) is 26.1 Å². The number of rotatable bonds is 4. The van der Waals surface area contributed by atoms with E-state index in [0.717, 1.165) is 12.8 Å². The minimum atomic E-state index is -0.889. The summed E-state index contributed by atoms with van der Waals surface area (Å²) in [6.07, 6.45) is 0.741. The molecule has 0 spiro atoms. The van der Waals surface area contributed by atoms with Crippen LogP contribution in [0.2, 0.25) is 0 Å². The second-order valence-corrected chi connectivity index (χ2v) is 5.99. The molecule has 0 bridgehead atoms. The zero-order valence-electron chi connectivity index (χ0n) is 11.5. The average Bonchev–Trinajstić information content (AvgIpc) is 2.32. The van der Waals surface area contributed by atoms with Crippen molar-refractivity contribution >= 4 is 5.91 Å². The van der Waals surface area contributed by atoms with Gasteiger partial charge in [0.1, 0.15) is 0 Å². The Kier molecular flexibility index (Phi) is 5.13. The number of hydrogen-bond acceptors (Lipinski definition) is 4. The molecule has 1 rings (SSSR count). The van der Waals surface area contributed by atoms with Crippen molar-refractivity contribution in [3.8, 4) is 0 Å². The Hall–Kier alpha value is -0.650. The highest BCUT2D eigenvalue weighted by Crippen LogP contribution is 2.44. The number of amides is 1. The van der Waals surface area contributed by atoms with Crippen LogP contribution in [-0.4, -0.2) is 41.4 Å². The van der Waals surface area contributed by atoms with E-state index in [4.69, 9.17) is 10.8 Å². The van der Waals surface area contributed by atoms with E-state index in [9.17, 15) is 9.90 Å². The van der Waals surface area contributed by atoms with Crippen molar-refractivity contribution in [3.63, 3.8) is 0 Å². The van der Waals surface area contributed by atoms with Gasteiger partial charge in [0.25, 0.3) is 0 Å². The third-order valence-corrected chi connectivity index (χ3v) is 4.54. The van der Waals surface area contributed by atoms with Crippen LogP contribution in [0, 0.1) is 17.3 Å². The summed E-state index contributed by atoms with van der Waals surface area (Å²) < 4.78 is 0. The van der Waals surface area contributed by atoms with Crippen molar-refractivity contribution in [3.05, 3.63) is 0 Å². The van der Waals surface area contributed by atoms with E-state index in [1.54, 1.807) is 0 Å². The summed E-state index contributed by atoms with van der Waals surface area (Å²) >= 11 is 0. The molecular weight excluding hydrogens is 232 g/mol. The molecule has 0 aromatic carbocycles. The Morgan fingerprint density at radius 2 is 2.11 bits per heavy atom. The molecule has 4 unspecified atom stereocenters. The molecule has 1 amide bonds. The van der Waals surface area contributed by atoms with Gasteiger partial charge in [0.2, 0.25) is 5.91 Å². The molecule has 0 aromatic heterocycles. The molecule has 0 heterocycles. The molecule has 106 valence electrons. The Labute approximate surface area is 109 Å². The van der Waals surface area contributed by atoms with E-state index in [1.807, 2.05) is 0 Å². The summed E-state index contributed by atoms with van der Waals surface area (Å²) in [5.74, 6) is 0.147. The number of hydrogen-bond donors (Lipinski definition) is 4. The molecule has 5 nitrogen and oxygen atoms in total. The number of nitrogens with one attached hydrogen (secondary N) is 1. The van der Waals surface area contributed by atoms with E-state index in [1.165, 1.54) is 0 Å². The van der Waals surface area contributed by atoms with Crippen LogP contribution in [0.1, 0.15) is 33.6 Å². The smallest absolute Gasteiger partial charge is 0.223 e. The summed E-state index contributed by atoms with van der Waals surface area (Å²) in [4.78, 5) is 12.1. The predicted octanol–water partition coefficient (Wildman–Crippen LogP) is -0.145. The number of aliphatic hydroxyl groups excluding tert-OH is 2. The van der Waals surface area contributed by atoms with Gasteiger partial charge in [0, 0.05) is 18.5 Å². The van der Waals surface area contributed by atoms with Gasteiger partial charge in [-0.25, -0.2) is 0 Å². The van der Waals surface area contributed by atoms with Crippen LogP contribution in [0.3, 0.4) is 0 Å². The van der Waals surface area contributed by atoms with E-state index in [-0.39, 0.29) is 42.4 Å². The van der Waals surface area contributed by atoms with Crippen LogP contribution >= 0.6 is 0 Å². The highest BCUT2D eigenvalue weighted by Gasteiger charge is 2.44. The monoisotopic (exact) mass is 258 g/mol. The molecule has 1 aliphatic rings. The fraction of sp³-hybridized carbons (Fsp3) is 0.923. The lowest BCUT2D eigenvalue weighted by molar-refractivity contribution is -0.133.